The van der Waals surface area contributed by atoms with E-state index in [-0.39, 0.29) is 11.4 Å². The minimum absolute atomic E-state index is 0.101. The Morgan fingerprint density at radius 2 is 1.79 bits per heavy atom. The topological polar surface area (TPSA) is 72.3 Å². The van der Waals surface area contributed by atoms with Crippen LogP contribution in [-0.2, 0) is 4.79 Å². The van der Waals surface area contributed by atoms with E-state index in [0.29, 0.717) is 12.1 Å². The van der Waals surface area contributed by atoms with Crippen molar-refractivity contribution in [2.75, 3.05) is 37.6 Å². The van der Waals surface area contributed by atoms with Crippen molar-refractivity contribution in [2.45, 2.75) is 44.1 Å². The largest absolute Gasteiger partial charge is 0.353 e. The summed E-state index contributed by atoms with van der Waals surface area (Å²) in [6, 6.07) is 5.84. The summed E-state index contributed by atoms with van der Waals surface area (Å²) in [6.07, 6.45) is 9.54. The van der Waals surface area contributed by atoms with Gasteiger partial charge in [-0.05, 0) is 68.4 Å². The zero-order valence-electron chi connectivity index (χ0n) is 16.4. The first-order chi connectivity index (χ1) is 13.6. The molecule has 0 radical (unpaired) electrons. The minimum Gasteiger partial charge on any atom is -0.353 e. The first-order valence-electron chi connectivity index (χ1n) is 10.8. The highest BCUT2D eigenvalue weighted by Gasteiger charge is 2.51. The van der Waals surface area contributed by atoms with Gasteiger partial charge in [0.05, 0.1) is 12.1 Å². The molecule has 5 aliphatic rings. The van der Waals surface area contributed by atoms with E-state index < -0.39 is 0 Å². The third-order valence-corrected chi connectivity index (χ3v) is 7.39. The van der Waals surface area contributed by atoms with Crippen LogP contribution in [0.15, 0.2) is 18.3 Å². The molecule has 148 valence electrons. The van der Waals surface area contributed by atoms with Gasteiger partial charge in [0.2, 0.25) is 5.91 Å². The number of carbonyl (C=O) groups excluding carboxylic acids is 1. The van der Waals surface area contributed by atoms with E-state index in [1.807, 2.05) is 6.07 Å². The predicted molar refractivity (Wildman–Crippen MR) is 107 cm³/mol. The Kier molecular flexibility index (Phi) is 4.51. The first kappa shape index (κ1) is 17.9. The fraction of sp³-hybridized carbons (Fsp3) is 0.682. The summed E-state index contributed by atoms with van der Waals surface area (Å²) in [5.74, 6) is 3.52. The highest BCUT2D eigenvalue weighted by Crippen LogP contribution is 2.55. The third kappa shape index (κ3) is 3.37. The van der Waals surface area contributed by atoms with E-state index in [4.69, 9.17) is 0 Å². The summed E-state index contributed by atoms with van der Waals surface area (Å²) in [5, 5.41) is 12.8. The number of nitriles is 1. The summed E-state index contributed by atoms with van der Waals surface area (Å²) in [6.45, 7) is 3.75. The van der Waals surface area contributed by atoms with Crippen LogP contribution in [-0.4, -0.2) is 54.1 Å². The molecule has 28 heavy (non-hydrogen) atoms. The van der Waals surface area contributed by atoms with Gasteiger partial charge in [-0.2, -0.15) is 5.26 Å². The Labute approximate surface area is 166 Å². The Bertz CT molecular complexity index is 757. The molecule has 5 fully saturated rings. The number of piperazine rings is 1. The molecule has 0 aromatic carbocycles. The monoisotopic (exact) mass is 379 g/mol. The summed E-state index contributed by atoms with van der Waals surface area (Å²) in [5.41, 5.74) is 0.721. The molecule has 1 N–H and O–H groups in total. The van der Waals surface area contributed by atoms with Crippen molar-refractivity contribution in [3.63, 3.8) is 0 Å². The van der Waals surface area contributed by atoms with E-state index >= 15 is 0 Å². The molecule has 6 heteroatoms. The van der Waals surface area contributed by atoms with Gasteiger partial charge in [-0.15, -0.1) is 0 Å². The standard InChI is InChI=1S/C22H29N5O/c23-14-19-2-1-3-24-21(19)27-6-4-26(5-7-27)15-20(28)25-22-11-16-8-17(12-22)10-18(9-16)13-22/h1-3,16-18H,4-13,15H2,(H,25,28). The SMILES string of the molecule is N#Cc1cccnc1N1CCN(CC(=O)NC23CC4CC(CC(C4)C2)C3)CC1. The van der Waals surface area contributed by atoms with Gasteiger partial charge in [-0.3, -0.25) is 9.69 Å². The molecule has 1 aromatic heterocycles. The number of carbonyl (C=O) groups is 1. The van der Waals surface area contributed by atoms with E-state index in [0.717, 1.165) is 49.8 Å². The molecular weight excluding hydrogens is 350 g/mol. The van der Waals surface area contributed by atoms with Crippen LogP contribution in [0, 0.1) is 29.1 Å². The lowest BCUT2D eigenvalue weighted by Gasteiger charge is -2.57. The normalized spacial score (nSPS) is 34.2. The summed E-state index contributed by atoms with van der Waals surface area (Å²) in [4.78, 5) is 21.6. The number of pyridine rings is 1. The fourth-order valence-corrected chi connectivity index (χ4v) is 6.66. The molecule has 1 saturated heterocycles. The second-order valence-corrected chi connectivity index (χ2v) is 9.50. The van der Waals surface area contributed by atoms with Crippen LogP contribution in [0.2, 0.25) is 0 Å². The molecule has 4 bridgehead atoms. The lowest BCUT2D eigenvalue weighted by atomic mass is 9.53. The van der Waals surface area contributed by atoms with Gasteiger partial charge in [0.1, 0.15) is 11.9 Å². The third-order valence-electron chi connectivity index (χ3n) is 7.39. The van der Waals surface area contributed by atoms with Crippen molar-refractivity contribution >= 4 is 11.7 Å². The van der Waals surface area contributed by atoms with Crippen molar-refractivity contribution in [3.05, 3.63) is 23.9 Å². The van der Waals surface area contributed by atoms with Crippen molar-refractivity contribution < 1.29 is 4.79 Å². The molecule has 2 heterocycles. The molecule has 4 saturated carbocycles. The smallest absolute Gasteiger partial charge is 0.234 e. The number of hydrogen-bond donors (Lipinski definition) is 1. The van der Waals surface area contributed by atoms with Crippen LogP contribution in [0.25, 0.3) is 0 Å². The maximum absolute atomic E-state index is 12.8. The number of anilines is 1. The number of nitrogens with one attached hydrogen (secondary N) is 1. The number of amides is 1. The fourth-order valence-electron chi connectivity index (χ4n) is 6.66. The minimum atomic E-state index is 0.101. The van der Waals surface area contributed by atoms with E-state index in [1.54, 1.807) is 12.3 Å². The van der Waals surface area contributed by atoms with Crippen LogP contribution < -0.4 is 10.2 Å². The molecule has 6 nitrogen and oxygen atoms in total. The Hall–Kier alpha value is -2.13. The van der Waals surface area contributed by atoms with Crippen LogP contribution in [0.5, 0.6) is 0 Å². The van der Waals surface area contributed by atoms with Crippen molar-refractivity contribution in [2.24, 2.45) is 17.8 Å². The zero-order valence-corrected chi connectivity index (χ0v) is 16.4. The maximum Gasteiger partial charge on any atom is 0.234 e. The highest BCUT2D eigenvalue weighted by molar-refractivity contribution is 5.79. The van der Waals surface area contributed by atoms with Gasteiger partial charge >= 0.3 is 0 Å². The molecule has 1 amide bonds. The average Bonchev–Trinajstić information content (AvgIpc) is 2.67. The molecular formula is C22H29N5O. The second-order valence-electron chi connectivity index (χ2n) is 9.50. The maximum atomic E-state index is 12.8. The summed E-state index contributed by atoms with van der Waals surface area (Å²) >= 11 is 0. The number of rotatable bonds is 4. The van der Waals surface area contributed by atoms with Gasteiger partial charge < -0.3 is 10.2 Å². The quantitative estimate of drug-likeness (QED) is 0.868. The number of nitrogens with zero attached hydrogens (tertiary/aromatic N) is 4. The first-order valence-corrected chi connectivity index (χ1v) is 10.8. The number of hydrogen-bond acceptors (Lipinski definition) is 5. The van der Waals surface area contributed by atoms with Crippen molar-refractivity contribution in [1.29, 1.82) is 5.26 Å². The molecule has 6 rings (SSSR count). The van der Waals surface area contributed by atoms with E-state index in [1.165, 1.54) is 38.5 Å². The summed E-state index contributed by atoms with van der Waals surface area (Å²) in [7, 11) is 0. The Balaban J connectivity index is 1.15. The van der Waals surface area contributed by atoms with Crippen LogP contribution in [0.3, 0.4) is 0 Å². The van der Waals surface area contributed by atoms with Crippen LogP contribution in [0.1, 0.15) is 44.1 Å². The molecule has 1 aromatic rings. The van der Waals surface area contributed by atoms with E-state index in [9.17, 15) is 10.1 Å². The highest BCUT2D eigenvalue weighted by atomic mass is 16.2. The lowest BCUT2D eigenvalue weighted by Crippen LogP contribution is -2.61. The van der Waals surface area contributed by atoms with Gasteiger partial charge in [-0.25, -0.2) is 4.98 Å². The van der Waals surface area contributed by atoms with Crippen molar-refractivity contribution in [3.8, 4) is 6.07 Å². The Morgan fingerprint density at radius 1 is 1.14 bits per heavy atom. The molecule has 4 aliphatic carbocycles. The average molecular weight is 380 g/mol. The zero-order chi connectivity index (χ0) is 19.1. The molecule has 0 atom stereocenters. The summed E-state index contributed by atoms with van der Waals surface area (Å²) < 4.78 is 0. The molecule has 0 unspecified atom stereocenters. The van der Waals surface area contributed by atoms with Gasteiger partial charge in [0, 0.05) is 37.9 Å². The van der Waals surface area contributed by atoms with Gasteiger partial charge in [-0.1, -0.05) is 0 Å². The molecule has 0 spiro atoms. The number of aromatic nitrogens is 1. The second kappa shape index (κ2) is 7.04. The molecule has 1 aliphatic heterocycles. The van der Waals surface area contributed by atoms with Gasteiger partial charge in [0.15, 0.2) is 0 Å². The van der Waals surface area contributed by atoms with Crippen LogP contribution >= 0.6 is 0 Å². The van der Waals surface area contributed by atoms with E-state index in [2.05, 4.69) is 26.2 Å². The Morgan fingerprint density at radius 3 is 2.39 bits per heavy atom. The van der Waals surface area contributed by atoms with Crippen molar-refractivity contribution in [1.82, 2.24) is 15.2 Å². The van der Waals surface area contributed by atoms with Crippen LogP contribution in [0.4, 0.5) is 5.82 Å². The lowest BCUT2D eigenvalue weighted by molar-refractivity contribution is -0.128. The predicted octanol–water partition coefficient (Wildman–Crippen LogP) is 2.16. The van der Waals surface area contributed by atoms with Gasteiger partial charge in [0.25, 0.3) is 0 Å².